The Labute approximate surface area is 181 Å². The molecule has 0 atom stereocenters. The molecule has 3 rings (SSSR count). The second-order valence-corrected chi connectivity index (χ2v) is 7.56. The van der Waals surface area contributed by atoms with Crippen molar-refractivity contribution >= 4 is 41.3 Å². The normalized spacial score (nSPS) is 11.2. The van der Waals surface area contributed by atoms with E-state index >= 15 is 0 Å². The van der Waals surface area contributed by atoms with E-state index in [2.05, 4.69) is 53.7 Å². The van der Waals surface area contributed by atoms with Gasteiger partial charge < -0.3 is 10.6 Å². The number of halogens is 1. The molecule has 1 aromatic carbocycles. The summed E-state index contributed by atoms with van der Waals surface area (Å²) in [5, 5.41) is 11.5. The van der Waals surface area contributed by atoms with Crippen LogP contribution in [0.15, 0.2) is 47.5 Å². The van der Waals surface area contributed by atoms with Crippen LogP contribution in [0.4, 0.5) is 0 Å². The van der Waals surface area contributed by atoms with Gasteiger partial charge in [0.1, 0.15) is 0 Å². The van der Waals surface area contributed by atoms with E-state index in [1.807, 2.05) is 29.8 Å². The summed E-state index contributed by atoms with van der Waals surface area (Å²) in [7, 11) is 1.79. The molecule has 2 N–H and O–H groups in total. The number of guanidine groups is 1. The van der Waals surface area contributed by atoms with Gasteiger partial charge in [-0.2, -0.15) is 5.10 Å². The minimum absolute atomic E-state index is 0. The fraction of sp³-hybridized carbons (Fsp3) is 0.300. The third kappa shape index (κ3) is 5.32. The molecule has 0 aliphatic carbocycles. The first-order valence-corrected chi connectivity index (χ1v) is 9.50. The number of benzene rings is 1. The van der Waals surface area contributed by atoms with Crippen molar-refractivity contribution in [1.29, 1.82) is 0 Å². The van der Waals surface area contributed by atoms with Gasteiger partial charge in [0.25, 0.3) is 0 Å². The fourth-order valence-electron chi connectivity index (χ4n) is 2.90. The molecule has 0 amide bonds. The van der Waals surface area contributed by atoms with Crippen molar-refractivity contribution in [2.75, 3.05) is 7.05 Å². The number of aromatic nitrogens is 2. The molecule has 0 unspecified atom stereocenters. The van der Waals surface area contributed by atoms with Crippen molar-refractivity contribution < 1.29 is 0 Å². The van der Waals surface area contributed by atoms with Crippen molar-refractivity contribution in [3.63, 3.8) is 0 Å². The highest BCUT2D eigenvalue weighted by molar-refractivity contribution is 14.0. The third-order valence-electron chi connectivity index (χ3n) is 4.32. The van der Waals surface area contributed by atoms with Gasteiger partial charge in [-0.05, 0) is 45.0 Å². The van der Waals surface area contributed by atoms with Gasteiger partial charge in [0.05, 0.1) is 17.9 Å². The van der Waals surface area contributed by atoms with Crippen LogP contribution in [0.1, 0.15) is 26.7 Å². The van der Waals surface area contributed by atoms with Gasteiger partial charge in [-0.1, -0.05) is 18.2 Å². The smallest absolute Gasteiger partial charge is 0.191 e. The lowest BCUT2D eigenvalue weighted by atomic mass is 10.2. The molecule has 0 bridgehead atoms. The van der Waals surface area contributed by atoms with Crippen molar-refractivity contribution in [3.05, 3.63) is 69.2 Å². The minimum atomic E-state index is 0. The van der Waals surface area contributed by atoms with E-state index in [4.69, 9.17) is 5.10 Å². The molecule has 0 saturated heterocycles. The number of thiophene rings is 1. The molecule has 0 radical (unpaired) electrons. The topological polar surface area (TPSA) is 54.2 Å². The van der Waals surface area contributed by atoms with Crippen LogP contribution in [0.2, 0.25) is 0 Å². The van der Waals surface area contributed by atoms with Gasteiger partial charge in [-0.15, -0.1) is 35.3 Å². The summed E-state index contributed by atoms with van der Waals surface area (Å²) in [6, 6.07) is 14.5. The lowest BCUT2D eigenvalue weighted by molar-refractivity contribution is 0.805. The van der Waals surface area contributed by atoms with Crippen LogP contribution in [-0.2, 0) is 13.1 Å². The number of para-hydroxylation sites is 1. The quantitative estimate of drug-likeness (QED) is 0.315. The van der Waals surface area contributed by atoms with Crippen molar-refractivity contribution in [1.82, 2.24) is 20.4 Å². The number of hydrogen-bond acceptors (Lipinski definition) is 3. The van der Waals surface area contributed by atoms with Crippen LogP contribution in [0.3, 0.4) is 0 Å². The van der Waals surface area contributed by atoms with E-state index in [1.54, 1.807) is 18.4 Å². The van der Waals surface area contributed by atoms with E-state index in [0.29, 0.717) is 6.54 Å². The van der Waals surface area contributed by atoms with E-state index in [1.165, 1.54) is 15.3 Å². The molecule has 0 spiro atoms. The second kappa shape index (κ2) is 9.89. The monoisotopic (exact) mass is 495 g/mol. The van der Waals surface area contributed by atoms with Gasteiger partial charge in [-0.25, -0.2) is 4.68 Å². The minimum Gasteiger partial charge on any atom is -0.352 e. The summed E-state index contributed by atoms with van der Waals surface area (Å²) in [6.45, 7) is 7.74. The largest absolute Gasteiger partial charge is 0.352 e. The summed E-state index contributed by atoms with van der Waals surface area (Å²) in [4.78, 5) is 6.95. The zero-order valence-electron chi connectivity index (χ0n) is 16.1. The number of rotatable bonds is 5. The number of nitrogens with one attached hydrogen (secondary N) is 2. The number of nitrogens with zero attached hydrogens (tertiary/aromatic N) is 3. The zero-order valence-corrected chi connectivity index (χ0v) is 19.3. The average molecular weight is 495 g/mol. The molecule has 0 aliphatic rings. The van der Waals surface area contributed by atoms with Crippen LogP contribution >= 0.6 is 35.3 Å². The van der Waals surface area contributed by atoms with Crippen LogP contribution in [-0.4, -0.2) is 22.8 Å². The van der Waals surface area contributed by atoms with Crippen LogP contribution in [0.25, 0.3) is 5.69 Å². The Hall–Kier alpha value is -1.87. The van der Waals surface area contributed by atoms with E-state index in [0.717, 1.165) is 29.6 Å². The summed E-state index contributed by atoms with van der Waals surface area (Å²) >= 11 is 1.80. The molecule has 27 heavy (non-hydrogen) atoms. The van der Waals surface area contributed by atoms with Crippen LogP contribution in [0.5, 0.6) is 0 Å². The zero-order chi connectivity index (χ0) is 18.5. The Bertz CT molecular complexity index is 898. The molecule has 7 heteroatoms. The Morgan fingerprint density at radius 1 is 1.04 bits per heavy atom. The van der Waals surface area contributed by atoms with Gasteiger partial charge >= 0.3 is 0 Å². The maximum atomic E-state index is 4.70. The summed E-state index contributed by atoms with van der Waals surface area (Å²) in [5.74, 6) is 0.794. The van der Waals surface area contributed by atoms with Crippen molar-refractivity contribution in [2.45, 2.75) is 33.9 Å². The molecule has 0 aliphatic heterocycles. The number of aryl methyl sites for hydroxylation is 2. The number of hydrogen-bond donors (Lipinski definition) is 2. The molecular formula is C20H26IN5S. The standard InChI is InChI=1S/C20H25N5S.HI/c1-14-10-11-18(26-14)12-22-20(21-4)23-13-19-15(2)24-25(16(19)3)17-8-6-5-7-9-17;/h5-11H,12-13H2,1-4H3,(H2,21,22,23);1H. The van der Waals surface area contributed by atoms with E-state index in [-0.39, 0.29) is 24.0 Å². The van der Waals surface area contributed by atoms with Gasteiger partial charge in [0.2, 0.25) is 0 Å². The Morgan fingerprint density at radius 2 is 1.74 bits per heavy atom. The summed E-state index contributed by atoms with van der Waals surface area (Å²) < 4.78 is 2.00. The predicted octanol–water partition coefficient (Wildman–Crippen LogP) is 4.34. The lowest BCUT2D eigenvalue weighted by Crippen LogP contribution is -2.36. The summed E-state index contributed by atoms with van der Waals surface area (Å²) in [6.07, 6.45) is 0. The first-order valence-electron chi connectivity index (χ1n) is 8.69. The predicted molar refractivity (Wildman–Crippen MR) is 125 cm³/mol. The molecule has 0 saturated carbocycles. The molecule has 2 heterocycles. The molecule has 144 valence electrons. The van der Waals surface area contributed by atoms with Gasteiger partial charge in [0.15, 0.2) is 5.96 Å². The first-order chi connectivity index (χ1) is 12.6. The lowest BCUT2D eigenvalue weighted by Gasteiger charge is -2.12. The molecule has 5 nitrogen and oxygen atoms in total. The molecule has 0 fully saturated rings. The Balaban J connectivity index is 0.00000261. The van der Waals surface area contributed by atoms with E-state index in [9.17, 15) is 0 Å². The fourth-order valence-corrected chi connectivity index (χ4v) is 3.73. The average Bonchev–Trinajstić information content (AvgIpc) is 3.19. The molecular weight excluding hydrogens is 469 g/mol. The second-order valence-electron chi connectivity index (χ2n) is 6.19. The Morgan fingerprint density at radius 3 is 2.37 bits per heavy atom. The van der Waals surface area contributed by atoms with E-state index < -0.39 is 0 Å². The van der Waals surface area contributed by atoms with Crippen molar-refractivity contribution in [2.24, 2.45) is 4.99 Å². The Kier molecular flexibility index (Phi) is 7.85. The van der Waals surface area contributed by atoms with Crippen LogP contribution < -0.4 is 10.6 Å². The highest BCUT2D eigenvalue weighted by atomic mass is 127. The highest BCUT2D eigenvalue weighted by Gasteiger charge is 2.13. The third-order valence-corrected chi connectivity index (χ3v) is 5.32. The number of aliphatic imine (C=N–C) groups is 1. The van der Waals surface area contributed by atoms with Crippen LogP contribution in [0, 0.1) is 20.8 Å². The van der Waals surface area contributed by atoms with Gasteiger partial charge in [-0.3, -0.25) is 4.99 Å². The first kappa shape index (κ1) is 21.4. The maximum Gasteiger partial charge on any atom is 0.191 e. The van der Waals surface area contributed by atoms with Crippen molar-refractivity contribution in [3.8, 4) is 5.69 Å². The highest BCUT2D eigenvalue weighted by Crippen LogP contribution is 2.18. The molecule has 2 aromatic heterocycles. The molecule has 3 aromatic rings. The SMILES string of the molecule is CN=C(NCc1ccc(C)s1)NCc1c(C)nn(-c2ccccc2)c1C.I. The summed E-state index contributed by atoms with van der Waals surface area (Å²) in [5.41, 5.74) is 4.45. The maximum absolute atomic E-state index is 4.70. The van der Waals surface area contributed by atoms with Gasteiger partial charge in [0, 0.05) is 34.6 Å².